The number of carbonyl (C=O) groups excluding carboxylic acids is 5. The maximum absolute atomic E-state index is 12.6. The van der Waals surface area contributed by atoms with Gasteiger partial charge in [0, 0.05) is 18.3 Å². The van der Waals surface area contributed by atoms with E-state index >= 15 is 0 Å². The summed E-state index contributed by atoms with van der Waals surface area (Å²) in [5.74, 6) is -3.22. The minimum absolute atomic E-state index is 0.211. The Hall–Kier alpha value is -3.49. The van der Waals surface area contributed by atoms with Gasteiger partial charge in [-0.15, -0.1) is 0 Å². The summed E-state index contributed by atoms with van der Waals surface area (Å²) in [5.41, 5.74) is 1.03. The van der Waals surface area contributed by atoms with Gasteiger partial charge in [0.15, 0.2) is 6.10 Å². The van der Waals surface area contributed by atoms with E-state index in [1.165, 1.54) is 20.8 Å². The van der Waals surface area contributed by atoms with E-state index in [1.54, 1.807) is 24.3 Å². The molecule has 9 heteroatoms. The van der Waals surface area contributed by atoms with E-state index in [9.17, 15) is 24.0 Å². The lowest BCUT2D eigenvalue weighted by molar-refractivity contribution is -0.163. The molecule has 1 heterocycles. The SMILES string of the molecule is CC(=O)Nc1ccc(NC(=O)[C@H](C)OC(=O)[C@@H](C)N2C(=O)[C@H]3CC=CC[C@H]3C2=O)cc1. The van der Waals surface area contributed by atoms with Crippen LogP contribution in [0.4, 0.5) is 11.4 Å². The summed E-state index contributed by atoms with van der Waals surface area (Å²) >= 11 is 0. The maximum atomic E-state index is 12.6. The van der Waals surface area contributed by atoms with Crippen molar-refractivity contribution in [3.63, 3.8) is 0 Å². The molecule has 3 rings (SSSR count). The van der Waals surface area contributed by atoms with E-state index in [0.717, 1.165) is 4.90 Å². The second-order valence-corrected chi connectivity index (χ2v) is 7.71. The zero-order valence-corrected chi connectivity index (χ0v) is 17.6. The monoisotopic (exact) mass is 427 g/mol. The number of carbonyl (C=O) groups is 5. The zero-order chi connectivity index (χ0) is 22.7. The van der Waals surface area contributed by atoms with Crippen molar-refractivity contribution in [2.24, 2.45) is 11.8 Å². The molecule has 1 saturated heterocycles. The van der Waals surface area contributed by atoms with Gasteiger partial charge in [-0.3, -0.25) is 24.1 Å². The van der Waals surface area contributed by atoms with E-state index in [-0.39, 0.29) is 17.7 Å². The van der Waals surface area contributed by atoms with Gasteiger partial charge in [-0.25, -0.2) is 4.79 Å². The summed E-state index contributed by atoms with van der Waals surface area (Å²) in [7, 11) is 0. The van der Waals surface area contributed by atoms with Crippen LogP contribution in [0, 0.1) is 11.8 Å². The molecule has 4 amide bonds. The van der Waals surface area contributed by atoms with Crippen molar-refractivity contribution >= 4 is 41.0 Å². The van der Waals surface area contributed by atoms with Crippen LogP contribution in [0.25, 0.3) is 0 Å². The molecule has 0 saturated carbocycles. The Labute approximate surface area is 179 Å². The fraction of sp³-hybridized carbons (Fsp3) is 0.409. The zero-order valence-electron chi connectivity index (χ0n) is 17.6. The van der Waals surface area contributed by atoms with Crippen LogP contribution in [0.15, 0.2) is 36.4 Å². The predicted octanol–water partition coefficient (Wildman–Crippen LogP) is 1.85. The minimum Gasteiger partial charge on any atom is -0.451 e. The molecule has 0 spiro atoms. The molecule has 31 heavy (non-hydrogen) atoms. The molecule has 4 atom stereocenters. The first kappa shape index (κ1) is 22.2. The van der Waals surface area contributed by atoms with E-state index in [2.05, 4.69) is 10.6 Å². The lowest BCUT2D eigenvalue weighted by Gasteiger charge is -2.23. The highest BCUT2D eigenvalue weighted by Gasteiger charge is 2.50. The second-order valence-electron chi connectivity index (χ2n) is 7.71. The van der Waals surface area contributed by atoms with E-state index in [4.69, 9.17) is 4.74 Å². The molecule has 1 aliphatic heterocycles. The fourth-order valence-corrected chi connectivity index (χ4v) is 3.72. The van der Waals surface area contributed by atoms with Crippen LogP contribution < -0.4 is 10.6 Å². The van der Waals surface area contributed by atoms with Crippen LogP contribution in [0.3, 0.4) is 0 Å². The summed E-state index contributed by atoms with van der Waals surface area (Å²) in [6.07, 6.45) is 3.56. The molecule has 1 aromatic rings. The topological polar surface area (TPSA) is 122 Å². The highest BCUT2D eigenvalue weighted by Crippen LogP contribution is 2.36. The number of benzene rings is 1. The maximum Gasteiger partial charge on any atom is 0.329 e. The van der Waals surface area contributed by atoms with Crippen molar-refractivity contribution in [1.82, 2.24) is 4.90 Å². The second kappa shape index (κ2) is 9.11. The van der Waals surface area contributed by atoms with Gasteiger partial charge in [-0.2, -0.15) is 0 Å². The fourth-order valence-electron chi connectivity index (χ4n) is 3.72. The Bertz CT molecular complexity index is 913. The number of nitrogens with zero attached hydrogens (tertiary/aromatic N) is 1. The van der Waals surface area contributed by atoms with Gasteiger partial charge in [-0.1, -0.05) is 12.2 Å². The highest BCUT2D eigenvalue weighted by atomic mass is 16.5. The lowest BCUT2D eigenvalue weighted by atomic mass is 9.85. The van der Waals surface area contributed by atoms with Crippen LogP contribution in [-0.2, 0) is 28.7 Å². The standard InChI is InChI=1S/C22H25N3O6/c1-12(25-20(28)17-6-4-5-7-18(17)21(25)29)22(30)31-13(2)19(27)24-16-10-8-15(9-11-16)23-14(3)26/h4-5,8-13,17-18H,6-7H2,1-3H3,(H,23,26)(H,24,27)/t12-,13+,17-,18+/m1/s1. The van der Waals surface area contributed by atoms with Crippen molar-refractivity contribution < 1.29 is 28.7 Å². The molecule has 0 bridgehead atoms. The molecule has 1 fully saturated rings. The van der Waals surface area contributed by atoms with Crippen LogP contribution in [-0.4, -0.2) is 46.6 Å². The van der Waals surface area contributed by atoms with Crippen molar-refractivity contribution in [2.45, 2.75) is 45.8 Å². The normalized spacial score (nSPS) is 21.8. The summed E-state index contributed by atoms with van der Waals surface area (Å²) < 4.78 is 5.22. The molecule has 9 nitrogen and oxygen atoms in total. The van der Waals surface area contributed by atoms with Crippen molar-refractivity contribution in [2.75, 3.05) is 10.6 Å². The number of amides is 4. The van der Waals surface area contributed by atoms with Gasteiger partial charge in [-0.05, 0) is 51.0 Å². The van der Waals surface area contributed by atoms with Crippen LogP contribution >= 0.6 is 0 Å². The number of hydrogen-bond acceptors (Lipinski definition) is 6. The Morgan fingerprint density at radius 2 is 1.42 bits per heavy atom. The van der Waals surface area contributed by atoms with Gasteiger partial charge in [0.2, 0.25) is 17.7 Å². The first-order chi connectivity index (χ1) is 14.7. The van der Waals surface area contributed by atoms with Gasteiger partial charge >= 0.3 is 5.97 Å². The van der Waals surface area contributed by atoms with Gasteiger partial charge in [0.25, 0.3) is 5.91 Å². The first-order valence-corrected chi connectivity index (χ1v) is 10.1. The van der Waals surface area contributed by atoms with Gasteiger partial charge in [0.05, 0.1) is 11.8 Å². The average molecular weight is 427 g/mol. The molecule has 1 aromatic carbocycles. The number of nitrogens with one attached hydrogen (secondary N) is 2. The number of hydrogen-bond donors (Lipinski definition) is 2. The van der Waals surface area contributed by atoms with E-state index < -0.39 is 35.9 Å². The van der Waals surface area contributed by atoms with Crippen molar-refractivity contribution in [1.29, 1.82) is 0 Å². The summed E-state index contributed by atoms with van der Waals surface area (Å²) in [6.45, 7) is 4.22. The third-order valence-electron chi connectivity index (χ3n) is 5.41. The molecular weight excluding hydrogens is 402 g/mol. The number of likely N-dealkylation sites (tertiary alicyclic amines) is 1. The Morgan fingerprint density at radius 1 is 0.935 bits per heavy atom. The third kappa shape index (κ3) is 4.82. The predicted molar refractivity (Wildman–Crippen MR) is 112 cm³/mol. The quantitative estimate of drug-likeness (QED) is 0.406. The molecule has 164 valence electrons. The molecule has 2 N–H and O–H groups in total. The smallest absolute Gasteiger partial charge is 0.329 e. The largest absolute Gasteiger partial charge is 0.451 e. The number of fused-ring (bicyclic) bond motifs is 1. The number of imide groups is 1. The number of ether oxygens (including phenoxy) is 1. The Morgan fingerprint density at radius 3 is 1.90 bits per heavy atom. The number of esters is 1. The minimum atomic E-state index is -1.14. The highest BCUT2D eigenvalue weighted by molar-refractivity contribution is 6.08. The van der Waals surface area contributed by atoms with Crippen LogP contribution in [0.2, 0.25) is 0 Å². The number of allylic oxidation sites excluding steroid dienone is 2. The molecule has 2 aliphatic rings. The Kier molecular flexibility index (Phi) is 6.53. The van der Waals surface area contributed by atoms with Crippen molar-refractivity contribution in [3.05, 3.63) is 36.4 Å². The van der Waals surface area contributed by atoms with E-state index in [0.29, 0.717) is 24.2 Å². The summed E-state index contributed by atoms with van der Waals surface area (Å²) in [4.78, 5) is 62.2. The van der Waals surface area contributed by atoms with E-state index in [1.807, 2.05) is 12.2 Å². The molecule has 0 unspecified atom stereocenters. The van der Waals surface area contributed by atoms with Crippen LogP contribution in [0.5, 0.6) is 0 Å². The van der Waals surface area contributed by atoms with Gasteiger partial charge < -0.3 is 15.4 Å². The summed E-state index contributed by atoms with van der Waals surface area (Å²) in [6, 6.07) is 5.32. The van der Waals surface area contributed by atoms with Gasteiger partial charge in [0.1, 0.15) is 6.04 Å². The molecule has 0 radical (unpaired) electrons. The van der Waals surface area contributed by atoms with Crippen molar-refractivity contribution in [3.8, 4) is 0 Å². The molecular formula is C22H25N3O6. The molecule has 0 aromatic heterocycles. The third-order valence-corrected chi connectivity index (χ3v) is 5.41. The molecule has 1 aliphatic carbocycles. The Balaban J connectivity index is 1.57. The number of anilines is 2. The van der Waals surface area contributed by atoms with Crippen LogP contribution in [0.1, 0.15) is 33.6 Å². The average Bonchev–Trinajstić information content (AvgIpc) is 2.99. The first-order valence-electron chi connectivity index (χ1n) is 10.1. The lowest BCUT2D eigenvalue weighted by Crippen LogP contribution is -2.46. The summed E-state index contributed by atoms with van der Waals surface area (Å²) in [5, 5.41) is 5.22. The number of rotatable bonds is 6.